The van der Waals surface area contributed by atoms with Crippen LogP contribution in [0.2, 0.25) is 0 Å². The lowest BCUT2D eigenvalue weighted by Gasteiger charge is -2.27. The molecule has 7 N–H and O–H groups in total. The van der Waals surface area contributed by atoms with Crippen LogP contribution in [0.4, 0.5) is 0 Å². The van der Waals surface area contributed by atoms with Crippen molar-refractivity contribution in [2.45, 2.75) is 125 Å². The summed E-state index contributed by atoms with van der Waals surface area (Å²) in [7, 11) is 0. The highest BCUT2D eigenvalue weighted by atomic mass is 17.2. The van der Waals surface area contributed by atoms with Crippen LogP contribution < -0.4 is 11.5 Å². The second kappa shape index (κ2) is 42.8. The van der Waals surface area contributed by atoms with Crippen molar-refractivity contribution in [1.82, 2.24) is 0 Å². The van der Waals surface area contributed by atoms with Crippen molar-refractivity contribution in [3.8, 4) is 0 Å². The minimum Gasteiger partial charge on any atom is -0.377 e. The van der Waals surface area contributed by atoms with Crippen molar-refractivity contribution in [2.75, 3.05) is 46.1 Å². The van der Waals surface area contributed by atoms with Crippen LogP contribution in [0.5, 0.6) is 0 Å². The van der Waals surface area contributed by atoms with Gasteiger partial charge in [-0.3, -0.25) is 15.8 Å². The zero-order valence-electron chi connectivity index (χ0n) is 29.8. The molecule has 0 saturated heterocycles. The molecule has 2 saturated carbocycles. The van der Waals surface area contributed by atoms with Crippen LogP contribution in [0.1, 0.15) is 127 Å². The van der Waals surface area contributed by atoms with E-state index in [0.717, 1.165) is 56.9 Å². The van der Waals surface area contributed by atoms with Crippen LogP contribution in [0, 0.1) is 35.5 Å². The number of hydrogen-bond acceptors (Lipinski definition) is 10. The SMILES string of the molecule is C.C=CCOCC1CCC(COO)CC1.C=CCOOCC1CCC(C)CC1.C=O.CCCC(CCN)CC(CC)CCCN.OO.[HH].[HH]. The maximum Gasteiger partial charge on any atom is 0.106 e. The summed E-state index contributed by atoms with van der Waals surface area (Å²) in [6.45, 7) is 21.0. The number of rotatable bonds is 21. The summed E-state index contributed by atoms with van der Waals surface area (Å²) in [5.41, 5.74) is 11.2. The molecular formula is C37H82N2O8. The van der Waals surface area contributed by atoms with Gasteiger partial charge in [0.2, 0.25) is 0 Å². The molecule has 0 aliphatic heterocycles. The summed E-state index contributed by atoms with van der Waals surface area (Å²) in [6.07, 6.45) is 22.4. The molecule has 0 aromatic carbocycles. The number of ether oxygens (including phenoxy) is 1. The molecule has 0 amide bonds. The molecule has 0 heterocycles. The topological polar surface area (TPSA) is 167 Å². The third-order valence-corrected chi connectivity index (χ3v) is 8.91. The van der Waals surface area contributed by atoms with E-state index in [-0.39, 0.29) is 10.3 Å². The molecule has 10 heteroatoms. The zero-order valence-corrected chi connectivity index (χ0v) is 29.8. The van der Waals surface area contributed by atoms with Crippen molar-refractivity contribution in [1.29, 1.82) is 0 Å². The van der Waals surface area contributed by atoms with Crippen molar-refractivity contribution in [3.63, 3.8) is 0 Å². The molecule has 0 aromatic rings. The van der Waals surface area contributed by atoms with E-state index in [1.807, 2.05) is 6.79 Å². The van der Waals surface area contributed by atoms with E-state index in [4.69, 9.17) is 46.5 Å². The van der Waals surface area contributed by atoms with Crippen LogP contribution in [0.15, 0.2) is 25.3 Å². The van der Waals surface area contributed by atoms with Crippen molar-refractivity contribution in [2.24, 2.45) is 47.0 Å². The summed E-state index contributed by atoms with van der Waals surface area (Å²) in [5.74, 6) is 4.56. The van der Waals surface area contributed by atoms with Gasteiger partial charge in [-0.25, -0.2) is 14.7 Å². The molecule has 2 aliphatic rings. The molecule has 2 rings (SSSR count). The fourth-order valence-corrected chi connectivity index (χ4v) is 6.12. The van der Waals surface area contributed by atoms with E-state index in [1.54, 1.807) is 12.2 Å². The van der Waals surface area contributed by atoms with Gasteiger partial charge in [-0.2, -0.15) is 0 Å². The van der Waals surface area contributed by atoms with Crippen LogP contribution in [-0.2, 0) is 24.2 Å². The van der Waals surface area contributed by atoms with E-state index in [9.17, 15) is 0 Å². The van der Waals surface area contributed by atoms with Gasteiger partial charge in [0.15, 0.2) is 0 Å². The number of carbonyl (C=O) groups excluding carboxylic acids is 1. The summed E-state index contributed by atoms with van der Waals surface area (Å²) in [5, 5.41) is 20.3. The molecule has 10 nitrogen and oxygen atoms in total. The number of hydrogen-bond donors (Lipinski definition) is 5. The lowest BCUT2D eigenvalue weighted by molar-refractivity contribution is -0.294. The van der Waals surface area contributed by atoms with Gasteiger partial charge >= 0.3 is 0 Å². The van der Waals surface area contributed by atoms with Crippen LogP contribution >= 0.6 is 0 Å². The van der Waals surface area contributed by atoms with Gasteiger partial charge in [0.25, 0.3) is 0 Å². The lowest BCUT2D eigenvalue weighted by Crippen LogP contribution is -2.21. The van der Waals surface area contributed by atoms with E-state index < -0.39 is 0 Å². The van der Waals surface area contributed by atoms with Crippen LogP contribution in [0.25, 0.3) is 0 Å². The van der Waals surface area contributed by atoms with Crippen molar-refractivity contribution >= 4 is 6.79 Å². The summed E-state index contributed by atoms with van der Waals surface area (Å²) >= 11 is 0. The van der Waals surface area contributed by atoms with E-state index >= 15 is 0 Å². The first-order valence-electron chi connectivity index (χ1n) is 17.7. The zero-order chi connectivity index (χ0) is 35.3. The second-order valence-corrected chi connectivity index (χ2v) is 12.7. The highest BCUT2D eigenvalue weighted by Crippen LogP contribution is 2.29. The third-order valence-electron chi connectivity index (χ3n) is 8.91. The Hall–Kier alpha value is -1.21. The second-order valence-electron chi connectivity index (χ2n) is 12.7. The predicted molar refractivity (Wildman–Crippen MR) is 200 cm³/mol. The van der Waals surface area contributed by atoms with Gasteiger partial charge in [-0.1, -0.05) is 72.5 Å². The van der Waals surface area contributed by atoms with Gasteiger partial charge < -0.3 is 21.0 Å². The fourth-order valence-electron chi connectivity index (χ4n) is 6.12. The highest BCUT2D eigenvalue weighted by molar-refractivity contribution is 5.11. The number of carbonyl (C=O) groups is 1. The summed E-state index contributed by atoms with van der Waals surface area (Å²) in [6, 6.07) is 0. The van der Waals surface area contributed by atoms with Gasteiger partial charge in [0, 0.05) is 9.46 Å². The average Bonchev–Trinajstić information content (AvgIpc) is 3.09. The maximum absolute atomic E-state index is 8.32. The molecule has 288 valence electrons. The average molecular weight is 683 g/mol. The minimum atomic E-state index is 0. The van der Waals surface area contributed by atoms with Crippen molar-refractivity contribution in [3.05, 3.63) is 25.3 Å². The molecule has 2 atom stereocenters. The Morgan fingerprint density at radius 3 is 1.77 bits per heavy atom. The standard InChI is InChI=1S/C13H30N2.C11H20O3.C11H20O2.CH2O.CH4.H2O2.2H2/c1-3-6-13(8-10-15)11-12(4-2)7-5-9-14;1-2-7-13-8-10-3-5-11(6-4-10)9-14-12;1-3-8-12-13-9-11-6-4-10(2)5-7-11;1-2;;1-2;;/h12-13H,3-11,14-15H2,1-2H3;2,10-12H,1,3-9H2;3,10-11H,1,4-9H2,2H3;1H2;1H4;1-2H;2*1H. The molecule has 0 radical (unpaired) electrons. The van der Waals surface area contributed by atoms with Crippen molar-refractivity contribution < 1.29 is 42.8 Å². The first-order valence-corrected chi connectivity index (χ1v) is 17.7. The predicted octanol–water partition coefficient (Wildman–Crippen LogP) is 9.30. The minimum absolute atomic E-state index is 0. The van der Waals surface area contributed by atoms with Gasteiger partial charge in [0.1, 0.15) is 13.4 Å². The Balaban J connectivity index is -0.000000131. The Bertz CT molecular complexity index is 607. The Morgan fingerprint density at radius 1 is 0.766 bits per heavy atom. The monoisotopic (exact) mass is 683 g/mol. The molecule has 0 spiro atoms. The van der Waals surface area contributed by atoms with Gasteiger partial charge in [0.05, 0.1) is 19.8 Å². The van der Waals surface area contributed by atoms with Gasteiger partial charge in [-0.15, -0.1) is 13.2 Å². The first kappa shape index (κ1) is 52.6. The van der Waals surface area contributed by atoms with Gasteiger partial charge in [-0.05, 0) is 113 Å². The number of nitrogens with two attached hydrogens (primary N) is 2. The summed E-state index contributed by atoms with van der Waals surface area (Å²) < 4.78 is 5.42. The molecule has 2 fully saturated rings. The molecular weight excluding hydrogens is 600 g/mol. The van der Waals surface area contributed by atoms with Crippen LogP contribution in [0.3, 0.4) is 0 Å². The largest absolute Gasteiger partial charge is 0.377 e. The molecule has 2 unspecified atom stereocenters. The molecule has 2 aliphatic carbocycles. The Kier molecular flexibility index (Phi) is 47.9. The summed E-state index contributed by atoms with van der Waals surface area (Å²) in [4.78, 5) is 22.1. The molecule has 0 aromatic heterocycles. The maximum atomic E-state index is 8.32. The Morgan fingerprint density at radius 2 is 1.30 bits per heavy atom. The quantitative estimate of drug-likeness (QED) is 0.0341. The van der Waals surface area contributed by atoms with E-state index in [1.165, 1.54) is 83.5 Å². The first-order chi connectivity index (χ1) is 22.5. The molecule has 0 bridgehead atoms. The highest BCUT2D eigenvalue weighted by Gasteiger charge is 2.21. The smallest absolute Gasteiger partial charge is 0.106 e. The normalized spacial score (nSPS) is 21.2. The third kappa shape index (κ3) is 34.5. The van der Waals surface area contributed by atoms with E-state index in [2.05, 4.69) is 38.8 Å². The molecule has 47 heavy (non-hydrogen) atoms. The lowest BCUT2D eigenvalue weighted by atomic mass is 9.83. The van der Waals surface area contributed by atoms with Crippen LogP contribution in [-0.4, -0.2) is 68.7 Å². The Labute approximate surface area is 292 Å². The fraction of sp³-hybridized carbons (Fsp3) is 0.865. The van der Waals surface area contributed by atoms with E-state index in [0.29, 0.717) is 37.6 Å².